The Kier molecular flexibility index (Phi) is 5.75. The lowest BCUT2D eigenvalue weighted by molar-refractivity contribution is -0.172. The summed E-state index contributed by atoms with van der Waals surface area (Å²) in [5.74, 6) is -9.18. The molecule has 12 heteroatoms. The molecule has 1 saturated heterocycles. The highest BCUT2D eigenvalue weighted by molar-refractivity contribution is 9.10. The van der Waals surface area contributed by atoms with Crippen LogP contribution in [0, 0.1) is 0 Å². The first-order chi connectivity index (χ1) is 18.0. The summed E-state index contributed by atoms with van der Waals surface area (Å²) in [6, 6.07) is 10.9. The molecular weight excluding hydrogens is 572 g/mol. The second-order valence-electron chi connectivity index (χ2n) is 10.2. The number of aromatic amines is 1. The maximum atomic E-state index is 13.9. The van der Waals surface area contributed by atoms with Crippen molar-refractivity contribution in [3.05, 3.63) is 52.6 Å². The van der Waals surface area contributed by atoms with Crippen LogP contribution < -0.4 is 9.64 Å². The Bertz CT molecular complexity index is 1420. The summed E-state index contributed by atoms with van der Waals surface area (Å²) in [6.07, 6.45) is 3.62. The van der Waals surface area contributed by atoms with Gasteiger partial charge in [0.1, 0.15) is 12.3 Å². The first-order valence-electron chi connectivity index (χ1n) is 12.2. The second kappa shape index (κ2) is 8.69. The van der Waals surface area contributed by atoms with Gasteiger partial charge in [-0.2, -0.15) is 22.7 Å². The number of anilines is 1. The van der Waals surface area contributed by atoms with Crippen LogP contribution in [0.1, 0.15) is 31.2 Å². The summed E-state index contributed by atoms with van der Waals surface area (Å²) in [4.78, 5) is 28.4. The molecule has 1 N–H and O–H groups in total. The molecule has 3 heterocycles. The van der Waals surface area contributed by atoms with Crippen LogP contribution in [0.25, 0.3) is 10.9 Å². The van der Waals surface area contributed by atoms with Gasteiger partial charge >= 0.3 is 11.8 Å². The van der Waals surface area contributed by atoms with Crippen molar-refractivity contribution in [1.29, 1.82) is 0 Å². The number of hydrogen-bond acceptors (Lipinski definition) is 4. The first kappa shape index (κ1) is 25.1. The average molecular weight is 595 g/mol. The lowest BCUT2D eigenvalue weighted by atomic mass is 9.69. The molecule has 0 bridgehead atoms. The minimum Gasteiger partial charge on any atom is -0.490 e. The van der Waals surface area contributed by atoms with Crippen LogP contribution in [0.15, 0.2) is 47.1 Å². The highest BCUT2D eigenvalue weighted by Gasteiger charge is 2.64. The molecule has 1 saturated carbocycles. The Hall–Kier alpha value is -3.15. The summed E-state index contributed by atoms with van der Waals surface area (Å²) < 4.78 is 61.7. The lowest BCUT2D eigenvalue weighted by Gasteiger charge is -2.36. The van der Waals surface area contributed by atoms with E-state index >= 15 is 0 Å². The monoisotopic (exact) mass is 594 g/mol. The largest absolute Gasteiger partial charge is 0.490 e. The first-order valence-corrected chi connectivity index (χ1v) is 13.0. The van der Waals surface area contributed by atoms with E-state index in [4.69, 9.17) is 4.74 Å². The minimum absolute atomic E-state index is 0.131. The Morgan fingerprint density at radius 3 is 2.53 bits per heavy atom. The van der Waals surface area contributed by atoms with E-state index in [9.17, 15) is 27.2 Å². The van der Waals surface area contributed by atoms with Crippen LogP contribution in [-0.4, -0.2) is 64.5 Å². The molecule has 1 spiro atoms. The van der Waals surface area contributed by atoms with Crippen LogP contribution in [0.4, 0.5) is 23.2 Å². The number of aromatic nitrogens is 2. The molecular formula is C26H23BrF4N4O3. The van der Waals surface area contributed by atoms with E-state index in [0.29, 0.717) is 46.5 Å². The van der Waals surface area contributed by atoms with Crippen molar-refractivity contribution in [2.24, 2.45) is 0 Å². The third-order valence-electron chi connectivity index (χ3n) is 7.88. The fourth-order valence-electron chi connectivity index (χ4n) is 5.87. The molecule has 200 valence electrons. The summed E-state index contributed by atoms with van der Waals surface area (Å²) in [5.41, 5.74) is 1.19. The van der Waals surface area contributed by atoms with Gasteiger partial charge in [0.15, 0.2) is 0 Å². The third-order valence-corrected chi connectivity index (χ3v) is 8.54. The number of ether oxygens (including phenoxy) is 1. The SMILES string of the molecule is O=C(CN1C(=O)C2(CCC(Oc3ccc4[nH]ncc4c3)CC2)c2c(Br)cccc21)N1CC(F)(F)C(F)(F)C1. The van der Waals surface area contributed by atoms with Gasteiger partial charge in [0.05, 0.1) is 36.3 Å². The fraction of sp³-hybridized carbons (Fsp3) is 0.423. The zero-order chi connectivity index (χ0) is 26.9. The number of alkyl halides is 4. The maximum absolute atomic E-state index is 13.9. The smallest absolute Gasteiger partial charge is 0.329 e. The van der Waals surface area contributed by atoms with Crippen molar-refractivity contribution < 1.29 is 31.9 Å². The van der Waals surface area contributed by atoms with Crippen molar-refractivity contribution >= 4 is 44.3 Å². The van der Waals surface area contributed by atoms with Crippen molar-refractivity contribution in [2.75, 3.05) is 24.5 Å². The number of likely N-dealkylation sites (tertiary alicyclic amines) is 1. The molecule has 0 atom stereocenters. The number of amides is 2. The number of carbonyl (C=O) groups is 2. The second-order valence-corrected chi connectivity index (χ2v) is 11.1. The molecule has 2 aliphatic heterocycles. The Morgan fingerprint density at radius 1 is 1.11 bits per heavy atom. The van der Waals surface area contributed by atoms with Gasteiger partial charge in [-0.1, -0.05) is 22.0 Å². The molecule has 2 aromatic carbocycles. The predicted molar refractivity (Wildman–Crippen MR) is 134 cm³/mol. The van der Waals surface area contributed by atoms with Gasteiger partial charge in [-0.05, 0) is 56.0 Å². The normalized spacial score (nSPS) is 25.8. The number of fused-ring (bicyclic) bond motifs is 3. The van der Waals surface area contributed by atoms with Gasteiger partial charge in [-0.15, -0.1) is 0 Å². The van der Waals surface area contributed by atoms with Gasteiger partial charge < -0.3 is 14.5 Å². The number of hydrogen-bond donors (Lipinski definition) is 1. The number of carbonyl (C=O) groups excluding carboxylic acids is 2. The number of halogens is 5. The van der Waals surface area contributed by atoms with Crippen LogP contribution in [-0.2, 0) is 15.0 Å². The van der Waals surface area contributed by atoms with Crippen LogP contribution in [0.2, 0.25) is 0 Å². The molecule has 0 unspecified atom stereocenters. The van der Waals surface area contributed by atoms with Gasteiger partial charge in [0.2, 0.25) is 11.8 Å². The average Bonchev–Trinajstić information content (AvgIpc) is 3.49. The topological polar surface area (TPSA) is 78.5 Å². The lowest BCUT2D eigenvalue weighted by Crippen LogP contribution is -2.48. The zero-order valence-corrected chi connectivity index (χ0v) is 21.6. The summed E-state index contributed by atoms with van der Waals surface area (Å²) in [5, 5.41) is 7.83. The molecule has 6 rings (SSSR count). The predicted octanol–water partition coefficient (Wildman–Crippen LogP) is 5.04. The Morgan fingerprint density at radius 2 is 1.82 bits per heavy atom. The van der Waals surface area contributed by atoms with E-state index in [2.05, 4.69) is 26.1 Å². The van der Waals surface area contributed by atoms with Crippen LogP contribution >= 0.6 is 15.9 Å². The molecule has 3 aliphatic rings. The summed E-state index contributed by atoms with van der Waals surface area (Å²) in [7, 11) is 0. The van der Waals surface area contributed by atoms with E-state index < -0.39 is 42.8 Å². The standard InChI is InChI=1S/C26H23BrF4N4O3/c27-18-2-1-3-20-22(18)24(23(37)35(20)12-21(36)34-13-25(28,29)26(30,31)14-34)8-6-16(7-9-24)38-17-4-5-19-15(10-17)11-32-33-19/h1-5,10-11,16H,6-9,12-14H2,(H,32,33). The Labute approximate surface area is 223 Å². The van der Waals surface area contributed by atoms with Crippen molar-refractivity contribution in [3.8, 4) is 5.75 Å². The molecule has 1 aliphatic carbocycles. The number of rotatable bonds is 4. The van der Waals surface area contributed by atoms with Crippen LogP contribution in [0.5, 0.6) is 5.75 Å². The zero-order valence-electron chi connectivity index (χ0n) is 20.0. The molecule has 1 aromatic heterocycles. The fourth-order valence-corrected chi connectivity index (χ4v) is 6.61. The maximum Gasteiger partial charge on any atom is 0.329 e. The van der Waals surface area contributed by atoms with Crippen molar-refractivity contribution in [3.63, 3.8) is 0 Å². The summed E-state index contributed by atoms with van der Waals surface area (Å²) >= 11 is 3.55. The highest BCUT2D eigenvalue weighted by Crippen LogP contribution is 2.53. The minimum atomic E-state index is -4.31. The molecule has 38 heavy (non-hydrogen) atoms. The van der Waals surface area contributed by atoms with E-state index in [1.807, 2.05) is 24.3 Å². The van der Waals surface area contributed by atoms with Gasteiger partial charge in [-0.3, -0.25) is 14.7 Å². The number of nitrogens with one attached hydrogen (secondary N) is 1. The molecule has 0 radical (unpaired) electrons. The summed E-state index contributed by atoms with van der Waals surface area (Å²) in [6.45, 7) is -3.33. The molecule has 3 aromatic rings. The quantitative estimate of drug-likeness (QED) is 0.429. The van der Waals surface area contributed by atoms with Gasteiger partial charge in [0, 0.05) is 21.1 Å². The van der Waals surface area contributed by atoms with E-state index in [1.54, 1.807) is 18.3 Å². The number of H-pyrrole nitrogens is 1. The number of nitrogens with zero attached hydrogens (tertiary/aromatic N) is 3. The van der Waals surface area contributed by atoms with E-state index in [0.717, 1.165) is 16.5 Å². The number of benzene rings is 2. The molecule has 2 amide bonds. The highest BCUT2D eigenvalue weighted by atomic mass is 79.9. The Balaban J connectivity index is 1.21. The van der Waals surface area contributed by atoms with E-state index in [1.165, 1.54) is 4.90 Å². The molecule has 2 fully saturated rings. The van der Waals surface area contributed by atoms with Crippen molar-refractivity contribution in [1.82, 2.24) is 15.1 Å². The third kappa shape index (κ3) is 3.87. The van der Waals surface area contributed by atoms with E-state index in [-0.39, 0.29) is 12.0 Å². The van der Waals surface area contributed by atoms with Crippen LogP contribution in [0.3, 0.4) is 0 Å². The van der Waals surface area contributed by atoms with Gasteiger partial charge in [0.25, 0.3) is 0 Å². The van der Waals surface area contributed by atoms with Crippen molar-refractivity contribution in [2.45, 2.75) is 49.0 Å². The van der Waals surface area contributed by atoms with Gasteiger partial charge in [-0.25, -0.2) is 0 Å². The molecule has 7 nitrogen and oxygen atoms in total.